The molecule has 2 aromatic heterocycles. The number of aromatic nitrogens is 1. The normalized spacial score (nSPS) is 28.5. The number of pyridine rings is 1. The zero-order chi connectivity index (χ0) is 14.2. The molecule has 3 saturated heterocycles. The molecule has 3 aliphatic heterocycles. The number of piperidine rings is 1. The fraction of sp³-hybridized carbons (Fsp3) is 0.500. The van der Waals surface area contributed by atoms with Gasteiger partial charge in [0, 0.05) is 25.0 Å². The third-order valence-electron chi connectivity index (χ3n) is 4.69. The van der Waals surface area contributed by atoms with Crippen LogP contribution in [-0.2, 0) is 0 Å². The van der Waals surface area contributed by atoms with Crippen molar-refractivity contribution in [3.63, 3.8) is 0 Å². The van der Waals surface area contributed by atoms with Crippen LogP contribution in [0.1, 0.15) is 28.9 Å². The Morgan fingerprint density at radius 3 is 3.05 bits per heavy atom. The maximum Gasteiger partial charge on any atom is 0.261 e. The number of rotatable bonds is 2. The zero-order valence-corrected chi connectivity index (χ0v) is 12.7. The van der Waals surface area contributed by atoms with Crippen molar-refractivity contribution in [2.45, 2.75) is 25.3 Å². The third kappa shape index (κ3) is 2.68. The summed E-state index contributed by atoms with van der Waals surface area (Å²) in [5, 5.41) is 4.35. The lowest BCUT2D eigenvalue weighted by atomic mass is 9.94. The number of fused-ring (bicyclic) bond motifs is 5. The van der Waals surface area contributed by atoms with Gasteiger partial charge in [0.15, 0.2) is 0 Å². The van der Waals surface area contributed by atoms with E-state index < -0.39 is 0 Å². The molecule has 21 heavy (non-hydrogen) atoms. The summed E-state index contributed by atoms with van der Waals surface area (Å²) >= 11 is 1.53. The first-order chi connectivity index (χ1) is 10.3. The summed E-state index contributed by atoms with van der Waals surface area (Å²) in [4.78, 5) is 19.9. The molecule has 1 N–H and O–H groups in total. The van der Waals surface area contributed by atoms with E-state index in [2.05, 4.69) is 15.2 Å². The number of nitrogens with one attached hydrogen (secondary N) is 1. The molecule has 1 unspecified atom stereocenters. The summed E-state index contributed by atoms with van der Waals surface area (Å²) in [5.74, 6) is 0.865. The molecule has 2 aromatic rings. The Balaban J connectivity index is 1.50. The molecule has 2 bridgehead atoms. The van der Waals surface area contributed by atoms with Gasteiger partial charge in [-0.2, -0.15) is 0 Å². The highest BCUT2D eigenvalue weighted by Crippen LogP contribution is 2.28. The summed E-state index contributed by atoms with van der Waals surface area (Å²) in [5.41, 5.74) is 0. The first-order valence-electron chi connectivity index (χ1n) is 7.65. The van der Waals surface area contributed by atoms with Gasteiger partial charge in [-0.25, -0.2) is 0 Å². The number of thiophene rings is 1. The Kier molecular flexibility index (Phi) is 3.39. The molecule has 0 saturated carbocycles. The summed E-state index contributed by atoms with van der Waals surface area (Å²) in [6, 6.07) is 4.24. The highest BCUT2D eigenvalue weighted by Gasteiger charge is 2.30. The molecule has 1 amide bonds. The number of carbonyl (C=O) groups is 1. The second-order valence-electron chi connectivity index (χ2n) is 6.17. The number of hydrogen-bond acceptors (Lipinski definition) is 4. The summed E-state index contributed by atoms with van der Waals surface area (Å²) < 4.78 is 1.08. The summed E-state index contributed by atoms with van der Waals surface area (Å²) in [6.45, 7) is 3.41. The predicted octanol–water partition coefficient (Wildman–Crippen LogP) is 2.51. The predicted molar refractivity (Wildman–Crippen MR) is 84.7 cm³/mol. The van der Waals surface area contributed by atoms with Crippen LogP contribution < -0.4 is 5.32 Å². The lowest BCUT2D eigenvalue weighted by molar-refractivity contribution is 0.0933. The first-order valence-corrected chi connectivity index (χ1v) is 8.46. The van der Waals surface area contributed by atoms with Gasteiger partial charge in [0.2, 0.25) is 0 Å². The average Bonchev–Trinajstić information content (AvgIpc) is 2.73. The molecule has 0 aliphatic carbocycles. The van der Waals surface area contributed by atoms with Gasteiger partial charge in [-0.15, -0.1) is 11.3 Å². The Labute approximate surface area is 128 Å². The van der Waals surface area contributed by atoms with E-state index in [0.29, 0.717) is 6.04 Å². The van der Waals surface area contributed by atoms with E-state index in [1.165, 1.54) is 37.3 Å². The van der Waals surface area contributed by atoms with Crippen molar-refractivity contribution in [1.82, 2.24) is 15.2 Å². The van der Waals surface area contributed by atoms with Crippen molar-refractivity contribution in [3.8, 4) is 0 Å². The molecule has 5 rings (SSSR count). The molecular formula is C16H19N3OS. The number of amides is 1. The number of nitrogens with zero attached hydrogens (tertiary/aromatic N) is 2. The molecule has 110 valence electrons. The van der Waals surface area contributed by atoms with Crippen LogP contribution in [0.25, 0.3) is 10.1 Å². The first kappa shape index (κ1) is 13.2. The van der Waals surface area contributed by atoms with Crippen LogP contribution in [0.3, 0.4) is 0 Å². The average molecular weight is 301 g/mol. The second-order valence-corrected chi connectivity index (χ2v) is 7.26. The van der Waals surface area contributed by atoms with E-state index in [0.717, 1.165) is 33.8 Å². The van der Waals surface area contributed by atoms with Crippen LogP contribution in [0.4, 0.5) is 0 Å². The highest BCUT2D eigenvalue weighted by molar-refractivity contribution is 7.20. The molecule has 4 nitrogen and oxygen atoms in total. The molecule has 0 radical (unpaired) electrons. The van der Waals surface area contributed by atoms with Gasteiger partial charge < -0.3 is 10.2 Å². The van der Waals surface area contributed by atoms with E-state index in [9.17, 15) is 4.79 Å². The van der Waals surface area contributed by atoms with Crippen molar-refractivity contribution < 1.29 is 4.79 Å². The quantitative estimate of drug-likeness (QED) is 0.927. The third-order valence-corrected chi connectivity index (χ3v) is 5.77. The van der Waals surface area contributed by atoms with Gasteiger partial charge in [-0.3, -0.25) is 9.78 Å². The molecular weight excluding hydrogens is 282 g/mol. The van der Waals surface area contributed by atoms with Gasteiger partial charge in [-0.05, 0) is 55.8 Å². The van der Waals surface area contributed by atoms with Gasteiger partial charge >= 0.3 is 0 Å². The standard InChI is InChI=1S/C16H19N3OS/c20-16(14-8-12-1-4-17-9-15(12)21-14)18-13-7-11-2-5-19(10-13)6-3-11/h1,4,8-9,11,13H,2-3,5-7,10H2,(H,18,20). The smallest absolute Gasteiger partial charge is 0.261 e. The molecule has 3 fully saturated rings. The van der Waals surface area contributed by atoms with E-state index in [-0.39, 0.29) is 5.91 Å². The second kappa shape index (κ2) is 5.39. The molecule has 3 aliphatic rings. The van der Waals surface area contributed by atoms with Crippen LogP contribution in [0, 0.1) is 5.92 Å². The Morgan fingerprint density at radius 1 is 1.38 bits per heavy atom. The van der Waals surface area contributed by atoms with Crippen LogP contribution in [-0.4, -0.2) is 41.5 Å². The lowest BCUT2D eigenvalue weighted by Gasteiger charge is -2.26. The van der Waals surface area contributed by atoms with Gasteiger partial charge in [0.25, 0.3) is 5.91 Å². The minimum Gasteiger partial charge on any atom is -0.347 e. The van der Waals surface area contributed by atoms with Crippen molar-refractivity contribution >= 4 is 27.3 Å². The summed E-state index contributed by atoms with van der Waals surface area (Å²) in [7, 11) is 0. The van der Waals surface area contributed by atoms with Crippen molar-refractivity contribution in [3.05, 3.63) is 29.4 Å². The molecule has 1 atom stereocenters. The van der Waals surface area contributed by atoms with E-state index in [1.54, 1.807) is 6.20 Å². The fourth-order valence-electron chi connectivity index (χ4n) is 3.55. The van der Waals surface area contributed by atoms with Gasteiger partial charge in [-0.1, -0.05) is 0 Å². The van der Waals surface area contributed by atoms with Crippen molar-refractivity contribution in [1.29, 1.82) is 0 Å². The monoisotopic (exact) mass is 301 g/mol. The van der Waals surface area contributed by atoms with Gasteiger partial charge in [0.1, 0.15) is 0 Å². The Morgan fingerprint density at radius 2 is 2.24 bits per heavy atom. The molecule has 0 aromatic carbocycles. The van der Waals surface area contributed by atoms with E-state index >= 15 is 0 Å². The minimum absolute atomic E-state index is 0.0729. The number of carbonyl (C=O) groups excluding carboxylic acids is 1. The van der Waals surface area contributed by atoms with Crippen LogP contribution in [0.5, 0.6) is 0 Å². The van der Waals surface area contributed by atoms with Crippen molar-refractivity contribution in [2.75, 3.05) is 19.6 Å². The number of hydrogen-bond donors (Lipinski definition) is 1. The molecule has 5 heteroatoms. The molecule has 0 spiro atoms. The largest absolute Gasteiger partial charge is 0.347 e. The Bertz CT molecular complexity index is 613. The molecule has 5 heterocycles. The topological polar surface area (TPSA) is 45.2 Å². The van der Waals surface area contributed by atoms with Crippen LogP contribution in [0.15, 0.2) is 24.5 Å². The summed E-state index contributed by atoms with van der Waals surface area (Å²) in [6.07, 6.45) is 7.32. The van der Waals surface area contributed by atoms with Crippen LogP contribution >= 0.6 is 11.3 Å². The SMILES string of the molecule is O=C(NC1CC2CCN(CC2)C1)c1cc2ccncc2s1. The zero-order valence-electron chi connectivity index (χ0n) is 11.9. The maximum absolute atomic E-state index is 12.5. The Hall–Kier alpha value is -1.46. The van der Waals surface area contributed by atoms with Gasteiger partial charge in [0.05, 0.1) is 9.58 Å². The minimum atomic E-state index is 0.0729. The fourth-order valence-corrected chi connectivity index (χ4v) is 4.48. The highest BCUT2D eigenvalue weighted by atomic mass is 32.1. The van der Waals surface area contributed by atoms with E-state index in [4.69, 9.17) is 0 Å². The van der Waals surface area contributed by atoms with Crippen LogP contribution in [0.2, 0.25) is 0 Å². The van der Waals surface area contributed by atoms with E-state index in [1.807, 2.05) is 18.3 Å². The maximum atomic E-state index is 12.5. The lowest BCUT2D eigenvalue weighted by Crippen LogP contribution is -2.41. The van der Waals surface area contributed by atoms with Crippen molar-refractivity contribution in [2.24, 2.45) is 5.92 Å².